The van der Waals surface area contributed by atoms with Gasteiger partial charge in [0, 0.05) is 5.39 Å². The Kier molecular flexibility index (Phi) is 3.44. The van der Waals surface area contributed by atoms with E-state index in [2.05, 4.69) is 5.32 Å². The molecule has 5 unspecified atom stereocenters. The van der Waals surface area contributed by atoms with Gasteiger partial charge in [0.25, 0.3) is 0 Å². The fourth-order valence-corrected chi connectivity index (χ4v) is 4.11. The molecular formula is C19H19NO4. The lowest BCUT2D eigenvalue weighted by Crippen LogP contribution is -2.41. The molecule has 5 nitrogen and oxygen atoms in total. The van der Waals surface area contributed by atoms with Crippen molar-refractivity contribution >= 4 is 22.8 Å². The summed E-state index contributed by atoms with van der Waals surface area (Å²) in [5.41, 5.74) is 0.778. The number of carboxylic acid groups (broad SMARTS) is 1. The van der Waals surface area contributed by atoms with Crippen molar-refractivity contribution in [1.82, 2.24) is 5.32 Å². The molecule has 1 fully saturated rings. The summed E-state index contributed by atoms with van der Waals surface area (Å²) in [5.74, 6) is -1.53. The first-order valence-corrected chi connectivity index (χ1v) is 8.24. The van der Waals surface area contributed by atoms with Crippen molar-refractivity contribution in [3.63, 3.8) is 0 Å². The Morgan fingerprint density at radius 1 is 1.21 bits per heavy atom. The second-order valence-corrected chi connectivity index (χ2v) is 6.75. The lowest BCUT2D eigenvalue weighted by Gasteiger charge is -2.25. The lowest BCUT2D eigenvalue weighted by atomic mass is 9.82. The zero-order valence-corrected chi connectivity index (χ0v) is 13.3. The summed E-state index contributed by atoms with van der Waals surface area (Å²) >= 11 is 0. The summed E-state index contributed by atoms with van der Waals surface area (Å²) in [6.07, 6.45) is 4.68. The maximum Gasteiger partial charge on any atom is 0.307 e. The van der Waals surface area contributed by atoms with Gasteiger partial charge in [0.1, 0.15) is 11.3 Å². The third-order valence-corrected chi connectivity index (χ3v) is 5.28. The fraction of sp³-hybridized carbons (Fsp3) is 0.368. The van der Waals surface area contributed by atoms with E-state index < -0.39 is 17.8 Å². The van der Waals surface area contributed by atoms with E-state index in [0.717, 1.165) is 17.4 Å². The second-order valence-electron chi connectivity index (χ2n) is 6.75. The van der Waals surface area contributed by atoms with Crippen LogP contribution in [0.25, 0.3) is 11.0 Å². The van der Waals surface area contributed by atoms with Gasteiger partial charge in [-0.15, -0.1) is 0 Å². The first-order valence-electron chi connectivity index (χ1n) is 8.24. The number of hydrogen-bond acceptors (Lipinski definition) is 3. The molecule has 2 aliphatic carbocycles. The highest BCUT2D eigenvalue weighted by Gasteiger charge is 2.51. The molecule has 0 aliphatic heterocycles. The van der Waals surface area contributed by atoms with Crippen LogP contribution in [-0.2, 0) is 9.59 Å². The van der Waals surface area contributed by atoms with Gasteiger partial charge in [0.2, 0.25) is 5.91 Å². The quantitative estimate of drug-likeness (QED) is 0.846. The van der Waals surface area contributed by atoms with Crippen LogP contribution in [0.3, 0.4) is 0 Å². The van der Waals surface area contributed by atoms with E-state index in [1.807, 2.05) is 49.4 Å². The van der Waals surface area contributed by atoms with Gasteiger partial charge in [-0.3, -0.25) is 9.59 Å². The first kappa shape index (κ1) is 15.0. The van der Waals surface area contributed by atoms with Gasteiger partial charge in [0.05, 0.1) is 17.9 Å². The number of fused-ring (bicyclic) bond motifs is 3. The van der Waals surface area contributed by atoms with Crippen LogP contribution in [0.4, 0.5) is 0 Å². The minimum absolute atomic E-state index is 0.0234. The summed E-state index contributed by atoms with van der Waals surface area (Å²) < 4.78 is 5.78. The van der Waals surface area contributed by atoms with Crippen LogP contribution in [0.15, 0.2) is 46.9 Å². The second kappa shape index (κ2) is 5.51. The average Bonchev–Trinajstić information content (AvgIpc) is 3.27. The lowest BCUT2D eigenvalue weighted by molar-refractivity contribution is -0.148. The summed E-state index contributed by atoms with van der Waals surface area (Å²) in [6, 6.07) is 9.28. The highest BCUT2D eigenvalue weighted by Crippen LogP contribution is 2.48. The third kappa shape index (κ3) is 2.31. The van der Waals surface area contributed by atoms with Crippen LogP contribution in [0.2, 0.25) is 0 Å². The number of allylic oxidation sites excluding steroid dienone is 2. The topological polar surface area (TPSA) is 79.5 Å². The van der Waals surface area contributed by atoms with Crippen molar-refractivity contribution in [3.8, 4) is 0 Å². The molecule has 1 aromatic carbocycles. The molecular weight excluding hydrogens is 306 g/mol. The Hall–Kier alpha value is -2.56. The largest absolute Gasteiger partial charge is 0.481 e. The van der Waals surface area contributed by atoms with Crippen LogP contribution >= 0.6 is 0 Å². The van der Waals surface area contributed by atoms with E-state index in [0.29, 0.717) is 5.76 Å². The van der Waals surface area contributed by atoms with Gasteiger partial charge in [0.15, 0.2) is 0 Å². The molecule has 4 rings (SSSR count). The van der Waals surface area contributed by atoms with E-state index in [-0.39, 0.29) is 23.8 Å². The van der Waals surface area contributed by atoms with Gasteiger partial charge < -0.3 is 14.8 Å². The van der Waals surface area contributed by atoms with Gasteiger partial charge in [-0.1, -0.05) is 30.4 Å². The van der Waals surface area contributed by atoms with Gasteiger partial charge in [-0.2, -0.15) is 0 Å². The Balaban J connectivity index is 1.53. The predicted octanol–water partition coefficient (Wildman–Crippen LogP) is 3.13. The number of furan rings is 1. The molecule has 2 aromatic rings. The fourth-order valence-electron chi connectivity index (χ4n) is 4.11. The van der Waals surface area contributed by atoms with Crippen molar-refractivity contribution in [2.45, 2.75) is 19.4 Å². The van der Waals surface area contributed by atoms with Crippen molar-refractivity contribution in [2.75, 3.05) is 0 Å². The summed E-state index contributed by atoms with van der Waals surface area (Å²) in [4.78, 5) is 24.2. The number of carbonyl (C=O) groups excluding carboxylic acids is 1. The maximum absolute atomic E-state index is 12.7. The molecule has 1 amide bonds. The smallest absolute Gasteiger partial charge is 0.307 e. The molecule has 2 aliphatic rings. The van der Waals surface area contributed by atoms with E-state index in [4.69, 9.17) is 4.42 Å². The van der Waals surface area contributed by atoms with Crippen molar-refractivity contribution in [3.05, 3.63) is 48.2 Å². The molecule has 1 heterocycles. The number of para-hydroxylation sites is 1. The molecule has 0 saturated heterocycles. The van der Waals surface area contributed by atoms with E-state index >= 15 is 0 Å². The van der Waals surface area contributed by atoms with Crippen LogP contribution in [-0.4, -0.2) is 17.0 Å². The SMILES string of the molecule is CC(NC(=O)C1C2C=CC(C2)C1C(=O)O)c1cc2ccccc2o1. The molecule has 124 valence electrons. The van der Waals surface area contributed by atoms with Crippen LogP contribution in [0.1, 0.15) is 25.1 Å². The van der Waals surface area contributed by atoms with E-state index in [1.165, 1.54) is 0 Å². The molecule has 1 saturated carbocycles. The maximum atomic E-state index is 12.7. The van der Waals surface area contributed by atoms with Crippen LogP contribution in [0, 0.1) is 23.7 Å². The Morgan fingerprint density at radius 3 is 2.62 bits per heavy atom. The minimum atomic E-state index is -0.886. The van der Waals surface area contributed by atoms with Gasteiger partial charge >= 0.3 is 5.97 Å². The summed E-state index contributed by atoms with van der Waals surface area (Å²) in [5, 5.41) is 13.4. The molecule has 2 bridgehead atoms. The third-order valence-electron chi connectivity index (χ3n) is 5.28. The molecule has 5 heteroatoms. The molecule has 24 heavy (non-hydrogen) atoms. The number of amides is 1. The first-order chi connectivity index (χ1) is 11.5. The van der Waals surface area contributed by atoms with E-state index in [9.17, 15) is 14.7 Å². The Bertz CT molecular complexity index is 804. The summed E-state index contributed by atoms with van der Waals surface area (Å²) in [7, 11) is 0. The monoisotopic (exact) mass is 325 g/mol. The van der Waals surface area contributed by atoms with E-state index in [1.54, 1.807) is 0 Å². The normalized spacial score (nSPS) is 29.0. The number of rotatable bonds is 4. The highest BCUT2D eigenvalue weighted by atomic mass is 16.4. The molecule has 2 N–H and O–H groups in total. The summed E-state index contributed by atoms with van der Waals surface area (Å²) in [6.45, 7) is 1.86. The molecule has 0 radical (unpaired) electrons. The number of carboxylic acids is 1. The van der Waals surface area contributed by atoms with Gasteiger partial charge in [-0.05, 0) is 37.3 Å². The molecule has 5 atom stereocenters. The molecule has 1 aromatic heterocycles. The predicted molar refractivity (Wildman–Crippen MR) is 88.1 cm³/mol. The average molecular weight is 325 g/mol. The van der Waals surface area contributed by atoms with Crippen LogP contribution in [0.5, 0.6) is 0 Å². The Morgan fingerprint density at radius 2 is 1.92 bits per heavy atom. The van der Waals surface area contributed by atoms with Crippen molar-refractivity contribution < 1.29 is 19.1 Å². The van der Waals surface area contributed by atoms with Gasteiger partial charge in [-0.25, -0.2) is 0 Å². The highest BCUT2D eigenvalue weighted by molar-refractivity contribution is 5.87. The zero-order chi connectivity index (χ0) is 16.8. The van der Waals surface area contributed by atoms with Crippen molar-refractivity contribution in [1.29, 1.82) is 0 Å². The number of nitrogens with one attached hydrogen (secondary N) is 1. The molecule has 0 spiro atoms. The minimum Gasteiger partial charge on any atom is -0.481 e. The van der Waals surface area contributed by atoms with Crippen molar-refractivity contribution in [2.24, 2.45) is 23.7 Å². The number of benzene rings is 1. The van der Waals surface area contributed by atoms with Crippen LogP contribution < -0.4 is 5.32 Å². The number of carbonyl (C=O) groups is 2. The standard InChI is InChI=1S/C19H19NO4/c1-10(15-9-11-4-2-3-5-14(11)24-15)20-18(21)16-12-6-7-13(8-12)17(16)19(22)23/h2-7,9-10,12-13,16-17H,8H2,1H3,(H,20,21)(H,22,23). The number of hydrogen-bond donors (Lipinski definition) is 2. The Labute approximate surface area is 139 Å². The number of aliphatic carboxylic acids is 1. The zero-order valence-electron chi connectivity index (χ0n) is 13.3.